The van der Waals surface area contributed by atoms with E-state index in [2.05, 4.69) is 5.32 Å². The van der Waals surface area contributed by atoms with E-state index in [1.807, 2.05) is 6.07 Å². The number of aliphatic carboxylic acids is 2. The molecule has 0 aromatic heterocycles. The van der Waals surface area contributed by atoms with E-state index in [1.54, 1.807) is 12.1 Å². The standard InChI is InChI=1S/C28H37NO16/c30-16-18(32)22(24(36)37)40-26(20(16)34)44-42-10-4-5-13-14-8-11-12(28(13,9-10)6-7-29-14)2-1-3-15(11)43-45-27-21(35)17(31)19(33)23(41-27)25(38)39/h1-3,10,13-14,16-23,26-27,29-35H,4-9H2,(H,36,37)(H,38,39)/t10?,13-,14+,16-,17-,18-,19-,20+,21+,22-,23-,26?,27?,28+/m0/s1. The fourth-order valence-electron chi connectivity index (χ4n) is 7.58. The number of benzene rings is 1. The van der Waals surface area contributed by atoms with Gasteiger partial charge in [-0.25, -0.2) is 19.4 Å². The zero-order valence-electron chi connectivity index (χ0n) is 23.8. The van der Waals surface area contributed by atoms with Crippen LogP contribution in [-0.4, -0.2) is 133 Å². The molecule has 1 saturated carbocycles. The van der Waals surface area contributed by atoms with E-state index >= 15 is 0 Å². The Kier molecular flexibility index (Phi) is 9.07. The van der Waals surface area contributed by atoms with Crippen molar-refractivity contribution in [3.63, 3.8) is 0 Å². The number of rotatable bonds is 8. The van der Waals surface area contributed by atoms with E-state index in [9.17, 15) is 50.4 Å². The molecule has 0 radical (unpaired) electrons. The van der Waals surface area contributed by atoms with Crippen LogP contribution in [0.2, 0.25) is 0 Å². The molecule has 14 atom stereocenters. The number of piperidine rings is 1. The summed E-state index contributed by atoms with van der Waals surface area (Å²) in [6, 6.07) is 5.42. The molecule has 1 aromatic rings. The maximum atomic E-state index is 11.5. The van der Waals surface area contributed by atoms with Crippen molar-refractivity contribution in [2.45, 2.75) is 111 Å². The smallest absolute Gasteiger partial charge is 0.335 e. The topological polar surface area (TPSA) is 263 Å². The first-order valence-electron chi connectivity index (χ1n) is 14.8. The molecule has 45 heavy (non-hydrogen) atoms. The molecule has 3 saturated heterocycles. The van der Waals surface area contributed by atoms with E-state index in [4.69, 9.17) is 29.0 Å². The minimum absolute atomic E-state index is 0.0548. The van der Waals surface area contributed by atoms with Crippen LogP contribution in [0.4, 0.5) is 0 Å². The van der Waals surface area contributed by atoms with E-state index in [0.717, 1.165) is 17.5 Å². The summed E-state index contributed by atoms with van der Waals surface area (Å²) in [6.07, 6.45) is -15.5. The molecular formula is C28H37NO16. The van der Waals surface area contributed by atoms with Crippen LogP contribution in [0.15, 0.2) is 18.2 Å². The average Bonchev–Trinajstić information content (AvgIpc) is 3.01. The van der Waals surface area contributed by atoms with Crippen molar-refractivity contribution in [1.82, 2.24) is 5.32 Å². The maximum absolute atomic E-state index is 11.5. The van der Waals surface area contributed by atoms with Gasteiger partial charge in [-0.1, -0.05) is 12.1 Å². The molecule has 250 valence electrons. The number of fused-ring (bicyclic) bond motifs is 1. The lowest BCUT2D eigenvalue weighted by Crippen LogP contribution is -2.62. The summed E-state index contributed by atoms with van der Waals surface area (Å²) in [7, 11) is 0. The largest absolute Gasteiger partial charge is 0.479 e. The van der Waals surface area contributed by atoms with Crippen molar-refractivity contribution < 1.29 is 79.5 Å². The highest BCUT2D eigenvalue weighted by Crippen LogP contribution is 2.55. The Labute approximate surface area is 255 Å². The number of hydrogen-bond donors (Lipinski definition) is 9. The molecule has 3 heterocycles. The first kappa shape index (κ1) is 32.4. The number of aliphatic hydroxyl groups is 6. The summed E-state index contributed by atoms with van der Waals surface area (Å²) >= 11 is 0. The minimum Gasteiger partial charge on any atom is -0.479 e. The number of aliphatic hydroxyl groups excluding tert-OH is 6. The zero-order chi connectivity index (χ0) is 32.2. The Morgan fingerprint density at radius 3 is 2.04 bits per heavy atom. The van der Waals surface area contributed by atoms with Crippen molar-refractivity contribution >= 4 is 11.9 Å². The molecule has 9 N–H and O–H groups in total. The summed E-state index contributed by atoms with van der Waals surface area (Å²) in [5.41, 5.74) is 1.33. The Hall–Kier alpha value is -2.52. The highest BCUT2D eigenvalue weighted by molar-refractivity contribution is 5.73. The number of nitrogens with one attached hydrogen (secondary N) is 1. The van der Waals surface area contributed by atoms with Gasteiger partial charge in [-0.2, -0.15) is 4.89 Å². The van der Waals surface area contributed by atoms with Crippen LogP contribution < -0.4 is 10.2 Å². The molecule has 0 amide bonds. The quantitative estimate of drug-likeness (QED) is 0.101. The summed E-state index contributed by atoms with van der Waals surface area (Å²) in [6.45, 7) is 0.712. The van der Waals surface area contributed by atoms with Gasteiger partial charge in [-0.15, -0.1) is 0 Å². The van der Waals surface area contributed by atoms with Gasteiger partial charge in [0.25, 0.3) is 0 Å². The first-order chi connectivity index (χ1) is 21.4. The van der Waals surface area contributed by atoms with E-state index < -0.39 is 84.9 Å². The predicted octanol–water partition coefficient (Wildman–Crippen LogP) is -2.95. The van der Waals surface area contributed by atoms with Crippen molar-refractivity contribution in [3.05, 3.63) is 29.3 Å². The predicted molar refractivity (Wildman–Crippen MR) is 142 cm³/mol. The SMILES string of the molecule is O=C(O)[C@H]1OC(OOc2cccc3c2C[C@H]2NCC[C@@]34CC(OOC3O[C@H](C(=O)O)[C@@H](O)[C@H](O)[C@H]3O)CC[C@@H]24)[C@H](O)[C@@H](O)[C@@H]1O. The molecule has 3 aliphatic heterocycles. The first-order valence-corrected chi connectivity index (χ1v) is 14.8. The van der Waals surface area contributed by atoms with Crippen LogP contribution in [0.25, 0.3) is 0 Å². The Balaban J connectivity index is 1.18. The summed E-state index contributed by atoms with van der Waals surface area (Å²) in [5.74, 6) is -2.60. The Morgan fingerprint density at radius 2 is 1.42 bits per heavy atom. The zero-order valence-corrected chi connectivity index (χ0v) is 23.8. The molecule has 17 heteroatoms. The molecular weight excluding hydrogens is 606 g/mol. The van der Waals surface area contributed by atoms with Gasteiger partial charge in [-0.05, 0) is 56.2 Å². The second-order valence-corrected chi connectivity index (χ2v) is 12.3. The Bertz CT molecular complexity index is 1270. The molecule has 0 spiro atoms. The molecule has 3 unspecified atom stereocenters. The van der Waals surface area contributed by atoms with Crippen LogP contribution in [0.1, 0.15) is 36.8 Å². The number of carbonyl (C=O) groups is 2. The third kappa shape index (κ3) is 5.70. The molecule has 6 rings (SSSR count). The molecule has 4 fully saturated rings. The number of carboxylic acid groups (broad SMARTS) is 2. The highest BCUT2D eigenvalue weighted by atomic mass is 17.2. The average molecular weight is 644 g/mol. The van der Waals surface area contributed by atoms with E-state index in [0.29, 0.717) is 32.2 Å². The fraction of sp³-hybridized carbons (Fsp3) is 0.714. The molecule has 2 aliphatic carbocycles. The third-order valence-corrected chi connectivity index (χ3v) is 9.80. The molecule has 17 nitrogen and oxygen atoms in total. The molecule has 5 aliphatic rings. The van der Waals surface area contributed by atoms with Gasteiger partial charge in [0.05, 0.1) is 6.10 Å². The van der Waals surface area contributed by atoms with Crippen LogP contribution >= 0.6 is 0 Å². The van der Waals surface area contributed by atoms with E-state index in [-0.39, 0.29) is 17.7 Å². The van der Waals surface area contributed by atoms with Crippen molar-refractivity contribution in [1.29, 1.82) is 0 Å². The lowest BCUT2D eigenvalue weighted by molar-refractivity contribution is -0.439. The van der Waals surface area contributed by atoms with Gasteiger partial charge in [0.2, 0.25) is 12.6 Å². The summed E-state index contributed by atoms with van der Waals surface area (Å²) < 4.78 is 10.3. The van der Waals surface area contributed by atoms with Gasteiger partial charge >= 0.3 is 11.9 Å². The normalized spacial score (nSPS) is 44.4. The van der Waals surface area contributed by atoms with Gasteiger partial charge in [0, 0.05) is 17.0 Å². The lowest BCUT2D eigenvalue weighted by atomic mass is 9.52. The molecule has 2 bridgehead atoms. The monoisotopic (exact) mass is 643 g/mol. The second-order valence-electron chi connectivity index (χ2n) is 12.3. The van der Waals surface area contributed by atoms with Gasteiger partial charge < -0.3 is 60.5 Å². The summed E-state index contributed by atoms with van der Waals surface area (Å²) in [4.78, 5) is 44.8. The van der Waals surface area contributed by atoms with Crippen molar-refractivity contribution in [2.75, 3.05) is 6.54 Å². The fourth-order valence-corrected chi connectivity index (χ4v) is 7.58. The van der Waals surface area contributed by atoms with Crippen LogP contribution in [0.5, 0.6) is 5.75 Å². The van der Waals surface area contributed by atoms with Crippen molar-refractivity contribution in [2.24, 2.45) is 5.92 Å². The number of ether oxygens (including phenoxy) is 2. The third-order valence-electron chi connectivity index (χ3n) is 9.80. The number of hydrogen-bond acceptors (Lipinski definition) is 15. The minimum atomic E-state index is -1.88. The van der Waals surface area contributed by atoms with Gasteiger partial charge in [0.1, 0.15) is 36.6 Å². The highest BCUT2D eigenvalue weighted by Gasteiger charge is 2.55. The Morgan fingerprint density at radius 1 is 0.800 bits per heavy atom. The van der Waals surface area contributed by atoms with Gasteiger partial charge in [0.15, 0.2) is 18.0 Å². The number of carboxylic acids is 2. The van der Waals surface area contributed by atoms with Crippen LogP contribution in [0.3, 0.4) is 0 Å². The van der Waals surface area contributed by atoms with Crippen LogP contribution in [-0.2, 0) is 45.6 Å². The summed E-state index contributed by atoms with van der Waals surface area (Å²) in [5, 5.41) is 82.9. The lowest BCUT2D eigenvalue weighted by Gasteiger charge is -2.57. The second kappa shape index (κ2) is 12.6. The van der Waals surface area contributed by atoms with Gasteiger partial charge in [-0.3, -0.25) is 0 Å². The van der Waals surface area contributed by atoms with E-state index in [1.165, 1.54) is 0 Å². The van der Waals surface area contributed by atoms with Crippen LogP contribution in [0, 0.1) is 5.92 Å². The van der Waals surface area contributed by atoms with Crippen molar-refractivity contribution in [3.8, 4) is 5.75 Å². The maximum Gasteiger partial charge on any atom is 0.335 e. The molecule has 1 aromatic carbocycles.